The largest absolute Gasteiger partial charge is 0.467 e. The molecule has 1 aliphatic heterocycles. The van der Waals surface area contributed by atoms with Crippen LogP contribution >= 0.6 is 0 Å². The van der Waals surface area contributed by atoms with Crippen molar-refractivity contribution in [1.82, 2.24) is 0 Å². The number of carbonyl (C=O) groups excluding carboxylic acids is 1. The minimum Gasteiger partial charge on any atom is -0.467 e. The van der Waals surface area contributed by atoms with Crippen LogP contribution in [-0.2, 0) is 14.3 Å². The van der Waals surface area contributed by atoms with Gasteiger partial charge in [0.15, 0.2) is 6.04 Å². The van der Waals surface area contributed by atoms with Crippen LogP contribution in [0.3, 0.4) is 0 Å². The van der Waals surface area contributed by atoms with Crippen molar-refractivity contribution in [3.8, 4) is 0 Å². The van der Waals surface area contributed by atoms with Gasteiger partial charge in [-0.15, -0.1) is 0 Å². The molecule has 0 bridgehead atoms. The summed E-state index contributed by atoms with van der Waals surface area (Å²) in [6, 6.07) is 4.20. The van der Waals surface area contributed by atoms with E-state index < -0.39 is 16.9 Å². The van der Waals surface area contributed by atoms with Crippen LogP contribution in [-0.4, -0.2) is 43.8 Å². The number of rotatable bonds is 3. The van der Waals surface area contributed by atoms with Gasteiger partial charge in [0.25, 0.3) is 5.69 Å². The van der Waals surface area contributed by atoms with Gasteiger partial charge in [0.05, 0.1) is 25.2 Å². The highest BCUT2D eigenvalue weighted by atomic mass is 16.6. The van der Waals surface area contributed by atoms with E-state index in [1.54, 1.807) is 11.8 Å². The number of aryl methyl sites for hydroxylation is 1. The van der Waals surface area contributed by atoms with Gasteiger partial charge in [0, 0.05) is 24.4 Å². The molecule has 7 nitrogen and oxygen atoms in total. The fourth-order valence-electron chi connectivity index (χ4n) is 2.26. The number of nitro groups is 1. The summed E-state index contributed by atoms with van der Waals surface area (Å²) in [6.45, 7) is 2.95. The molecule has 20 heavy (non-hydrogen) atoms. The Kier molecular flexibility index (Phi) is 4.19. The molecular formula is C13H16N2O5. The summed E-state index contributed by atoms with van der Waals surface area (Å²) in [5, 5.41) is 10.9. The molecule has 1 aromatic carbocycles. The highest BCUT2D eigenvalue weighted by Gasteiger charge is 2.31. The van der Waals surface area contributed by atoms with E-state index in [1.807, 2.05) is 6.07 Å². The number of esters is 1. The summed E-state index contributed by atoms with van der Waals surface area (Å²) in [6.07, 6.45) is 0. The standard InChI is InChI=1S/C13H16N2O5/c1-9-5-10(7-11(6-9)15(17)18)14-3-4-20-8-12(14)13(16)19-2/h5-7,12H,3-4,8H2,1-2H3. The van der Waals surface area contributed by atoms with Crippen molar-refractivity contribution in [2.45, 2.75) is 13.0 Å². The molecule has 1 aromatic rings. The van der Waals surface area contributed by atoms with Crippen molar-refractivity contribution in [2.75, 3.05) is 31.8 Å². The first-order valence-electron chi connectivity index (χ1n) is 6.21. The fraction of sp³-hybridized carbons (Fsp3) is 0.462. The molecule has 0 spiro atoms. The Labute approximate surface area is 116 Å². The molecule has 0 aliphatic carbocycles. The first-order chi connectivity index (χ1) is 9.52. The molecule has 1 saturated heterocycles. The third kappa shape index (κ3) is 2.88. The number of carbonyl (C=O) groups is 1. The number of morpholine rings is 1. The van der Waals surface area contributed by atoms with E-state index in [0.29, 0.717) is 18.8 Å². The Morgan fingerprint density at radius 2 is 2.25 bits per heavy atom. The summed E-state index contributed by atoms with van der Waals surface area (Å²) in [5.74, 6) is -0.408. The molecule has 2 rings (SSSR count). The number of benzene rings is 1. The number of anilines is 1. The molecule has 1 heterocycles. The lowest BCUT2D eigenvalue weighted by Crippen LogP contribution is -2.50. The topological polar surface area (TPSA) is 81.9 Å². The van der Waals surface area contributed by atoms with E-state index in [2.05, 4.69) is 0 Å². The summed E-state index contributed by atoms with van der Waals surface area (Å²) < 4.78 is 10.0. The second-order valence-electron chi connectivity index (χ2n) is 4.59. The predicted molar refractivity (Wildman–Crippen MR) is 71.8 cm³/mol. The van der Waals surface area contributed by atoms with Crippen LogP contribution in [0.2, 0.25) is 0 Å². The van der Waals surface area contributed by atoms with Gasteiger partial charge in [-0.2, -0.15) is 0 Å². The Balaban J connectivity index is 2.37. The van der Waals surface area contributed by atoms with E-state index in [-0.39, 0.29) is 12.3 Å². The number of hydrogen-bond acceptors (Lipinski definition) is 6. The van der Waals surface area contributed by atoms with Gasteiger partial charge in [-0.3, -0.25) is 10.1 Å². The van der Waals surface area contributed by atoms with E-state index in [1.165, 1.54) is 19.2 Å². The van der Waals surface area contributed by atoms with E-state index >= 15 is 0 Å². The second-order valence-corrected chi connectivity index (χ2v) is 4.59. The molecule has 0 N–H and O–H groups in total. The first-order valence-corrected chi connectivity index (χ1v) is 6.21. The normalized spacial score (nSPS) is 18.7. The van der Waals surface area contributed by atoms with Crippen LogP contribution in [0.5, 0.6) is 0 Å². The van der Waals surface area contributed by atoms with Crippen molar-refractivity contribution in [3.63, 3.8) is 0 Å². The molecule has 0 radical (unpaired) electrons. The fourth-order valence-corrected chi connectivity index (χ4v) is 2.26. The molecule has 1 fully saturated rings. The SMILES string of the molecule is COC(=O)C1COCCN1c1cc(C)cc([N+](=O)[O-])c1. The number of methoxy groups -OCH3 is 1. The van der Waals surface area contributed by atoms with Crippen LogP contribution in [0.25, 0.3) is 0 Å². The molecule has 1 aliphatic rings. The minimum atomic E-state index is -0.574. The summed E-state index contributed by atoms with van der Waals surface area (Å²) in [5.41, 5.74) is 1.41. The number of hydrogen-bond donors (Lipinski definition) is 0. The van der Waals surface area contributed by atoms with Gasteiger partial charge in [0.2, 0.25) is 0 Å². The predicted octanol–water partition coefficient (Wildman–Crippen LogP) is 1.28. The molecule has 0 aromatic heterocycles. The maximum absolute atomic E-state index is 11.8. The van der Waals surface area contributed by atoms with Crippen molar-refractivity contribution in [1.29, 1.82) is 0 Å². The molecule has 1 unspecified atom stereocenters. The zero-order valence-corrected chi connectivity index (χ0v) is 11.4. The van der Waals surface area contributed by atoms with Gasteiger partial charge >= 0.3 is 5.97 Å². The maximum atomic E-state index is 11.8. The smallest absolute Gasteiger partial charge is 0.330 e. The monoisotopic (exact) mass is 280 g/mol. The highest BCUT2D eigenvalue weighted by molar-refractivity contribution is 5.80. The summed E-state index contributed by atoms with van der Waals surface area (Å²) in [7, 11) is 1.31. The molecule has 108 valence electrons. The number of non-ortho nitro benzene ring substituents is 1. The number of ether oxygens (including phenoxy) is 2. The zero-order chi connectivity index (χ0) is 14.7. The lowest BCUT2D eigenvalue weighted by Gasteiger charge is -2.35. The third-order valence-corrected chi connectivity index (χ3v) is 3.19. The van der Waals surface area contributed by atoms with E-state index in [9.17, 15) is 14.9 Å². The van der Waals surface area contributed by atoms with Crippen molar-refractivity contribution in [3.05, 3.63) is 33.9 Å². The zero-order valence-electron chi connectivity index (χ0n) is 11.4. The highest BCUT2D eigenvalue weighted by Crippen LogP contribution is 2.26. The summed E-state index contributed by atoms with van der Waals surface area (Å²) >= 11 is 0. The molecule has 0 amide bonds. The molecular weight excluding hydrogens is 264 g/mol. The van der Waals surface area contributed by atoms with E-state index in [0.717, 1.165) is 5.56 Å². The Hall–Kier alpha value is -2.15. The van der Waals surface area contributed by atoms with Gasteiger partial charge in [0.1, 0.15) is 0 Å². The molecule has 1 atom stereocenters. The van der Waals surface area contributed by atoms with Crippen molar-refractivity contribution >= 4 is 17.3 Å². The van der Waals surface area contributed by atoms with Crippen LogP contribution < -0.4 is 4.90 Å². The van der Waals surface area contributed by atoms with E-state index in [4.69, 9.17) is 9.47 Å². The van der Waals surface area contributed by atoms with Crippen LogP contribution in [0.15, 0.2) is 18.2 Å². The van der Waals surface area contributed by atoms with Gasteiger partial charge in [-0.1, -0.05) is 0 Å². The second kappa shape index (κ2) is 5.87. The quantitative estimate of drug-likeness (QED) is 0.471. The lowest BCUT2D eigenvalue weighted by atomic mass is 10.1. The van der Waals surface area contributed by atoms with Gasteiger partial charge < -0.3 is 14.4 Å². The van der Waals surface area contributed by atoms with Crippen molar-refractivity contribution < 1.29 is 19.2 Å². The number of nitro benzene ring substituents is 1. The Morgan fingerprint density at radius 3 is 2.90 bits per heavy atom. The van der Waals surface area contributed by atoms with Crippen molar-refractivity contribution in [2.24, 2.45) is 0 Å². The van der Waals surface area contributed by atoms with Crippen LogP contribution in [0.1, 0.15) is 5.56 Å². The minimum absolute atomic E-state index is 0.00936. The first kappa shape index (κ1) is 14.3. The van der Waals surface area contributed by atoms with Gasteiger partial charge in [-0.05, 0) is 18.6 Å². The Bertz CT molecular complexity index is 531. The van der Waals surface area contributed by atoms with Gasteiger partial charge in [-0.25, -0.2) is 4.79 Å². The average molecular weight is 280 g/mol. The third-order valence-electron chi connectivity index (χ3n) is 3.19. The lowest BCUT2D eigenvalue weighted by molar-refractivity contribution is -0.384. The van der Waals surface area contributed by atoms with Crippen LogP contribution in [0.4, 0.5) is 11.4 Å². The molecule has 0 saturated carbocycles. The van der Waals surface area contributed by atoms with Crippen LogP contribution in [0, 0.1) is 17.0 Å². The maximum Gasteiger partial charge on any atom is 0.330 e. The summed E-state index contributed by atoms with van der Waals surface area (Å²) in [4.78, 5) is 24.1. The molecule has 7 heteroatoms. The average Bonchev–Trinajstić information content (AvgIpc) is 2.45. The number of nitrogens with zero attached hydrogens (tertiary/aromatic N) is 2. The Morgan fingerprint density at radius 1 is 1.50 bits per heavy atom.